The van der Waals surface area contributed by atoms with Crippen LogP contribution >= 0.6 is 0 Å². The standard InChI is InChI=1S/C20H21N5O/c26-20(17-9-6-11-21-19(17)24-13-4-5-14-24)23-18-10-12-22-25(18)15-16-7-2-1-3-8-16/h1-3,6-12H,4-5,13-15H2,(H,23,26). The number of anilines is 2. The molecule has 132 valence electrons. The molecule has 4 rings (SSSR count). The number of nitrogens with zero attached hydrogens (tertiary/aromatic N) is 4. The van der Waals surface area contributed by atoms with E-state index in [9.17, 15) is 4.79 Å². The van der Waals surface area contributed by atoms with Gasteiger partial charge >= 0.3 is 0 Å². The Morgan fingerprint density at radius 2 is 1.81 bits per heavy atom. The number of benzene rings is 1. The third-order valence-electron chi connectivity index (χ3n) is 4.57. The first kappa shape index (κ1) is 16.3. The molecule has 1 aromatic carbocycles. The number of aromatic nitrogens is 3. The lowest BCUT2D eigenvalue weighted by molar-refractivity contribution is 0.102. The quantitative estimate of drug-likeness (QED) is 0.770. The first-order chi connectivity index (χ1) is 12.8. The Hall–Kier alpha value is -3.15. The second-order valence-corrected chi connectivity index (χ2v) is 6.38. The van der Waals surface area contributed by atoms with Crippen molar-refractivity contribution < 1.29 is 4.79 Å². The van der Waals surface area contributed by atoms with Crippen LogP contribution in [0.25, 0.3) is 0 Å². The smallest absolute Gasteiger partial charge is 0.260 e. The SMILES string of the molecule is O=C(Nc1ccnn1Cc1ccccc1)c1cccnc1N1CCCC1. The average Bonchev–Trinajstić information content (AvgIpc) is 3.35. The molecule has 0 radical (unpaired) electrons. The normalized spacial score (nSPS) is 13.8. The van der Waals surface area contributed by atoms with E-state index in [2.05, 4.69) is 20.3 Å². The van der Waals surface area contributed by atoms with Crippen molar-refractivity contribution in [3.8, 4) is 0 Å². The summed E-state index contributed by atoms with van der Waals surface area (Å²) in [6, 6.07) is 15.5. The summed E-state index contributed by atoms with van der Waals surface area (Å²) < 4.78 is 1.79. The number of amides is 1. The summed E-state index contributed by atoms with van der Waals surface area (Å²) in [5, 5.41) is 7.32. The van der Waals surface area contributed by atoms with E-state index in [1.54, 1.807) is 23.1 Å². The molecule has 6 nitrogen and oxygen atoms in total. The lowest BCUT2D eigenvalue weighted by Crippen LogP contribution is -2.24. The van der Waals surface area contributed by atoms with Crippen molar-refractivity contribution in [1.29, 1.82) is 0 Å². The van der Waals surface area contributed by atoms with Crippen LogP contribution in [0.3, 0.4) is 0 Å². The van der Waals surface area contributed by atoms with Crippen LogP contribution in [0.2, 0.25) is 0 Å². The molecule has 3 heterocycles. The molecule has 0 aliphatic carbocycles. The Balaban J connectivity index is 1.54. The molecule has 0 saturated carbocycles. The van der Waals surface area contributed by atoms with Gasteiger partial charge in [-0.3, -0.25) is 4.79 Å². The fourth-order valence-corrected chi connectivity index (χ4v) is 3.26. The van der Waals surface area contributed by atoms with E-state index in [-0.39, 0.29) is 5.91 Å². The summed E-state index contributed by atoms with van der Waals surface area (Å²) in [6.45, 7) is 2.50. The molecule has 0 spiro atoms. The van der Waals surface area contributed by atoms with Gasteiger partial charge < -0.3 is 10.2 Å². The van der Waals surface area contributed by atoms with E-state index in [1.165, 1.54) is 0 Å². The highest BCUT2D eigenvalue weighted by Crippen LogP contribution is 2.23. The van der Waals surface area contributed by atoms with Crippen molar-refractivity contribution in [1.82, 2.24) is 14.8 Å². The highest BCUT2D eigenvalue weighted by Gasteiger charge is 2.21. The number of pyridine rings is 1. The monoisotopic (exact) mass is 347 g/mol. The lowest BCUT2D eigenvalue weighted by Gasteiger charge is -2.19. The van der Waals surface area contributed by atoms with Gasteiger partial charge in [-0.05, 0) is 30.5 Å². The zero-order chi connectivity index (χ0) is 17.8. The molecule has 1 fully saturated rings. The Morgan fingerprint density at radius 3 is 2.62 bits per heavy atom. The van der Waals surface area contributed by atoms with Gasteiger partial charge in [0.2, 0.25) is 0 Å². The van der Waals surface area contributed by atoms with Gasteiger partial charge in [0.05, 0.1) is 18.3 Å². The van der Waals surface area contributed by atoms with Crippen LogP contribution in [0.5, 0.6) is 0 Å². The molecular formula is C20H21N5O. The minimum absolute atomic E-state index is 0.158. The predicted octanol–water partition coefficient (Wildman–Crippen LogP) is 3.18. The van der Waals surface area contributed by atoms with Gasteiger partial charge in [0.25, 0.3) is 5.91 Å². The van der Waals surface area contributed by atoms with Crippen molar-refractivity contribution in [2.24, 2.45) is 0 Å². The topological polar surface area (TPSA) is 63.1 Å². The molecule has 1 amide bonds. The van der Waals surface area contributed by atoms with Gasteiger partial charge in [-0.25, -0.2) is 9.67 Å². The van der Waals surface area contributed by atoms with Crippen molar-refractivity contribution in [2.75, 3.05) is 23.3 Å². The molecule has 26 heavy (non-hydrogen) atoms. The molecule has 1 aliphatic rings. The van der Waals surface area contributed by atoms with Crippen LogP contribution in [0.1, 0.15) is 28.8 Å². The van der Waals surface area contributed by atoms with Crippen LogP contribution in [-0.4, -0.2) is 33.8 Å². The second-order valence-electron chi connectivity index (χ2n) is 6.38. The molecule has 6 heteroatoms. The molecular weight excluding hydrogens is 326 g/mol. The molecule has 0 atom stereocenters. The highest BCUT2D eigenvalue weighted by molar-refractivity contribution is 6.07. The largest absolute Gasteiger partial charge is 0.356 e. The van der Waals surface area contributed by atoms with Crippen molar-refractivity contribution in [3.05, 3.63) is 72.1 Å². The number of hydrogen-bond donors (Lipinski definition) is 1. The number of hydrogen-bond acceptors (Lipinski definition) is 4. The third kappa shape index (κ3) is 3.44. The average molecular weight is 347 g/mol. The summed E-state index contributed by atoms with van der Waals surface area (Å²) in [6.07, 6.45) is 5.72. The first-order valence-corrected chi connectivity index (χ1v) is 8.88. The summed E-state index contributed by atoms with van der Waals surface area (Å²) in [5.74, 6) is 1.28. The van der Waals surface area contributed by atoms with Gasteiger partial charge in [0.15, 0.2) is 0 Å². The highest BCUT2D eigenvalue weighted by atomic mass is 16.1. The maximum absolute atomic E-state index is 12.9. The molecule has 1 N–H and O–H groups in total. The second kappa shape index (κ2) is 7.39. The lowest BCUT2D eigenvalue weighted by atomic mass is 10.2. The Kier molecular flexibility index (Phi) is 4.64. The number of carbonyl (C=O) groups is 1. The van der Waals surface area contributed by atoms with Crippen LogP contribution in [0, 0.1) is 0 Å². The number of carbonyl (C=O) groups excluding carboxylic acids is 1. The zero-order valence-electron chi connectivity index (χ0n) is 14.5. The minimum Gasteiger partial charge on any atom is -0.356 e. The van der Waals surface area contributed by atoms with Crippen molar-refractivity contribution >= 4 is 17.5 Å². The van der Waals surface area contributed by atoms with E-state index in [4.69, 9.17) is 0 Å². The first-order valence-electron chi connectivity index (χ1n) is 8.88. The summed E-state index contributed by atoms with van der Waals surface area (Å²) in [4.78, 5) is 19.5. The molecule has 2 aromatic heterocycles. The van der Waals surface area contributed by atoms with Gasteiger partial charge in [-0.2, -0.15) is 5.10 Å². The molecule has 0 unspecified atom stereocenters. The Labute approximate surface area is 152 Å². The molecule has 1 saturated heterocycles. The maximum Gasteiger partial charge on any atom is 0.260 e. The van der Waals surface area contributed by atoms with Gasteiger partial charge in [-0.1, -0.05) is 30.3 Å². The number of nitrogens with one attached hydrogen (secondary N) is 1. The van der Waals surface area contributed by atoms with Crippen molar-refractivity contribution in [2.45, 2.75) is 19.4 Å². The third-order valence-corrected chi connectivity index (χ3v) is 4.57. The van der Waals surface area contributed by atoms with Gasteiger partial charge in [0.1, 0.15) is 11.6 Å². The van der Waals surface area contributed by atoms with E-state index in [0.717, 1.165) is 37.3 Å². The minimum atomic E-state index is -0.158. The maximum atomic E-state index is 12.9. The van der Waals surface area contributed by atoms with Crippen molar-refractivity contribution in [3.63, 3.8) is 0 Å². The van der Waals surface area contributed by atoms with E-state index in [0.29, 0.717) is 17.9 Å². The van der Waals surface area contributed by atoms with Crippen LogP contribution < -0.4 is 10.2 Å². The number of rotatable bonds is 5. The molecule has 0 bridgehead atoms. The fourth-order valence-electron chi connectivity index (χ4n) is 3.26. The molecule has 3 aromatic rings. The fraction of sp³-hybridized carbons (Fsp3) is 0.250. The Bertz CT molecular complexity index is 884. The van der Waals surface area contributed by atoms with E-state index in [1.807, 2.05) is 42.5 Å². The van der Waals surface area contributed by atoms with E-state index < -0.39 is 0 Å². The predicted molar refractivity (Wildman–Crippen MR) is 101 cm³/mol. The van der Waals surface area contributed by atoms with Crippen LogP contribution in [-0.2, 0) is 6.54 Å². The summed E-state index contributed by atoms with van der Waals surface area (Å²) >= 11 is 0. The summed E-state index contributed by atoms with van der Waals surface area (Å²) in [7, 11) is 0. The summed E-state index contributed by atoms with van der Waals surface area (Å²) in [5.41, 5.74) is 1.73. The van der Waals surface area contributed by atoms with Crippen LogP contribution in [0.4, 0.5) is 11.6 Å². The van der Waals surface area contributed by atoms with Crippen LogP contribution in [0.15, 0.2) is 60.9 Å². The Morgan fingerprint density at radius 1 is 1.00 bits per heavy atom. The van der Waals surface area contributed by atoms with Gasteiger partial charge in [-0.15, -0.1) is 0 Å². The molecule has 1 aliphatic heterocycles. The van der Waals surface area contributed by atoms with E-state index >= 15 is 0 Å². The van der Waals surface area contributed by atoms with Gasteiger partial charge in [0, 0.05) is 25.4 Å². The zero-order valence-corrected chi connectivity index (χ0v) is 14.5.